The lowest BCUT2D eigenvalue weighted by Crippen LogP contribution is -2.62. The molecule has 1 fully saturated rings. The Bertz CT molecular complexity index is 2850. The van der Waals surface area contributed by atoms with Crippen molar-refractivity contribution in [3.8, 4) is 0 Å². The average Bonchev–Trinajstić information content (AvgIpc) is 1.75. The molecule has 0 aromatic carbocycles. The molecule has 1 saturated heterocycles. The second-order valence-electron chi connectivity index (χ2n) is 26.8. The number of carbonyl (C=O) groups excluding carboxylic acids is 13. The summed E-state index contributed by atoms with van der Waals surface area (Å²) < 4.78 is 0. The van der Waals surface area contributed by atoms with Crippen LogP contribution in [0.4, 0.5) is 0 Å². The fraction of sp³-hybridized carbons (Fsp3) is 0.758. The number of carboxylic acids is 3. The van der Waals surface area contributed by atoms with E-state index in [1.807, 2.05) is 6.92 Å². The molecule has 1 heterocycles. The van der Waals surface area contributed by atoms with Gasteiger partial charge < -0.3 is 112 Å². The van der Waals surface area contributed by atoms with E-state index in [2.05, 4.69) is 58.5 Å². The van der Waals surface area contributed by atoms with E-state index < -0.39 is 217 Å². The molecule has 1 aliphatic rings. The van der Waals surface area contributed by atoms with Crippen LogP contribution >= 0.6 is 0 Å². The van der Waals surface area contributed by atoms with Gasteiger partial charge in [0.2, 0.25) is 76.8 Å². The molecule has 25 N–H and O–H groups in total. The Kier molecular flexibility index (Phi) is 43.3. The van der Waals surface area contributed by atoms with E-state index in [0.29, 0.717) is 51.5 Å². The van der Waals surface area contributed by atoms with Gasteiger partial charge in [-0.05, 0) is 134 Å². The van der Waals surface area contributed by atoms with E-state index in [4.69, 9.17) is 28.7 Å². The van der Waals surface area contributed by atoms with Crippen LogP contribution in [0.15, 0.2) is 0 Å². The topological polar surface area (TPSA) is 620 Å². The number of aliphatic hydroxyl groups excluding tert-OH is 1. The molecule has 0 bridgehead atoms. The zero-order chi connectivity index (χ0) is 78.4. The largest absolute Gasteiger partial charge is 0.481 e. The summed E-state index contributed by atoms with van der Waals surface area (Å²) in [6, 6.07) is -19.4. The van der Waals surface area contributed by atoms with Gasteiger partial charge in [0.1, 0.15) is 72.5 Å². The molecule has 586 valence electrons. The summed E-state index contributed by atoms with van der Waals surface area (Å²) in [6.07, 6.45) is 0.533. The monoisotopic (exact) mass is 1470 g/mol. The van der Waals surface area contributed by atoms with Gasteiger partial charge in [-0.2, -0.15) is 0 Å². The number of nitrogens with one attached hydrogen (secondary N) is 11. The van der Waals surface area contributed by atoms with Crippen molar-refractivity contribution in [2.75, 3.05) is 32.8 Å². The number of nitrogens with two attached hydrogens (primary N) is 5. The summed E-state index contributed by atoms with van der Waals surface area (Å²) >= 11 is 0. The Hall–Kier alpha value is -8.68. The molecule has 37 nitrogen and oxygen atoms in total. The van der Waals surface area contributed by atoms with Crippen LogP contribution in [0, 0.1) is 23.7 Å². The molecule has 0 spiro atoms. The molecular weight excluding hydrogens is 1350 g/mol. The maximum Gasteiger partial charge on any atom is 0.326 e. The maximum absolute atomic E-state index is 14.5. The third kappa shape index (κ3) is 33.1. The molecular formula is C66H117N17O20. The number of carboxylic acid groups (broad SMARTS) is 3. The lowest BCUT2D eigenvalue weighted by Gasteiger charge is -2.30. The van der Waals surface area contributed by atoms with Crippen molar-refractivity contribution in [2.24, 2.45) is 52.3 Å². The van der Waals surface area contributed by atoms with Crippen molar-refractivity contribution in [2.45, 2.75) is 263 Å². The fourth-order valence-electron chi connectivity index (χ4n) is 11.0. The van der Waals surface area contributed by atoms with E-state index in [1.54, 1.807) is 48.5 Å². The van der Waals surface area contributed by atoms with E-state index in [0.717, 1.165) is 11.8 Å². The van der Waals surface area contributed by atoms with Crippen molar-refractivity contribution < 1.29 is 97.1 Å². The summed E-state index contributed by atoms with van der Waals surface area (Å²) in [5, 5.41) is 66.6. The third-order valence-electron chi connectivity index (χ3n) is 17.9. The van der Waals surface area contributed by atoms with E-state index in [9.17, 15) is 97.1 Å². The lowest BCUT2D eigenvalue weighted by atomic mass is 9.96. The van der Waals surface area contributed by atoms with E-state index >= 15 is 0 Å². The van der Waals surface area contributed by atoms with Crippen LogP contribution < -0.4 is 87.2 Å². The SMILES string of the molecule is CC[C@H](C)[C@H](N)C(=O)N[C@@H](CCCCN)C(=O)N[C@H](C(=O)N[C@@H](CCCCN)C(=O)N[C@@H](CCCCN)C(=O)N[C@H](C(=O)N[C@@H](CCC(=O)O)C(=O)N[C@@H](CC(=O)O)C(=O)N[C@@H](C)C(=O)N[C@@H](CO)C(=O)N[C@@H](CC(N)=O)C(=O)N1CCC[C@H]1C(=O)N[C@@H](CC(C)C)C(=O)O)[C@@H](C)CC)[C@@H](C)CC. The number of rotatable bonds is 52. The summed E-state index contributed by atoms with van der Waals surface area (Å²) in [5.74, 6) is -18.9. The van der Waals surface area contributed by atoms with Gasteiger partial charge in [-0.1, -0.05) is 74.7 Å². The molecule has 1 rings (SSSR count). The van der Waals surface area contributed by atoms with E-state index in [-0.39, 0.29) is 82.8 Å². The Morgan fingerprint density at radius 1 is 0.437 bits per heavy atom. The van der Waals surface area contributed by atoms with Crippen LogP contribution in [0.1, 0.15) is 184 Å². The number of aliphatic hydroxyl groups is 1. The highest BCUT2D eigenvalue weighted by atomic mass is 16.4. The molecule has 16 atom stereocenters. The molecule has 103 heavy (non-hydrogen) atoms. The van der Waals surface area contributed by atoms with Gasteiger partial charge in [0.05, 0.1) is 25.5 Å². The minimum absolute atomic E-state index is 0.00501. The molecule has 0 aromatic heterocycles. The summed E-state index contributed by atoms with van der Waals surface area (Å²) in [4.78, 5) is 217. The highest BCUT2D eigenvalue weighted by molar-refractivity contribution is 6.01. The number of primary amides is 1. The molecule has 37 heteroatoms. The Balaban J connectivity index is 3.54. The van der Waals surface area contributed by atoms with Gasteiger partial charge in [-0.15, -0.1) is 0 Å². The van der Waals surface area contributed by atoms with Crippen LogP contribution in [-0.2, 0) is 76.7 Å². The highest BCUT2D eigenvalue weighted by Gasteiger charge is 2.42. The Labute approximate surface area is 601 Å². The summed E-state index contributed by atoms with van der Waals surface area (Å²) in [5.41, 5.74) is 29.0. The molecule has 13 amide bonds. The van der Waals surface area contributed by atoms with Gasteiger partial charge in [-0.3, -0.25) is 71.9 Å². The van der Waals surface area contributed by atoms with Gasteiger partial charge in [0.25, 0.3) is 0 Å². The average molecular weight is 1470 g/mol. The summed E-state index contributed by atoms with van der Waals surface area (Å²) in [6.45, 7) is 14.4. The molecule has 1 aliphatic heterocycles. The van der Waals surface area contributed by atoms with Crippen LogP contribution in [-0.4, -0.2) is 231 Å². The molecule has 0 radical (unpaired) electrons. The van der Waals surface area contributed by atoms with Crippen molar-refractivity contribution in [3.05, 3.63) is 0 Å². The number of carbonyl (C=O) groups is 16. The highest BCUT2D eigenvalue weighted by Crippen LogP contribution is 2.21. The predicted octanol–water partition coefficient (Wildman–Crippen LogP) is -4.48. The van der Waals surface area contributed by atoms with Gasteiger partial charge in [0, 0.05) is 13.0 Å². The zero-order valence-electron chi connectivity index (χ0n) is 60.9. The predicted molar refractivity (Wildman–Crippen MR) is 374 cm³/mol. The number of nitrogens with zero attached hydrogens (tertiary/aromatic N) is 1. The summed E-state index contributed by atoms with van der Waals surface area (Å²) in [7, 11) is 0. The normalized spacial score (nSPS) is 17.1. The van der Waals surface area contributed by atoms with E-state index in [1.165, 1.54) is 0 Å². The Morgan fingerprint density at radius 3 is 1.24 bits per heavy atom. The molecule has 0 unspecified atom stereocenters. The maximum atomic E-state index is 14.5. The second-order valence-corrected chi connectivity index (χ2v) is 26.8. The fourth-order valence-corrected chi connectivity index (χ4v) is 11.0. The molecule has 0 aromatic rings. The second kappa shape index (κ2) is 48.3. The van der Waals surface area contributed by atoms with Crippen molar-refractivity contribution in [1.82, 2.24) is 63.4 Å². The lowest BCUT2D eigenvalue weighted by molar-refractivity contribution is -0.145. The standard InChI is InChI=1S/C66H117N17O20/c1-10-35(6)51(71)62(98)74-41(22-15-18-28-69)58(94)82-52(36(7)11-2)63(99)75-39(20-13-16-26-67)55(91)73-40(21-14-17-27-68)57(93)81-53(37(8)12-3)64(100)76-42(24-25-49(86)87)56(92)77-43(32-50(88)89)59(95)72-38(9)54(90)80-46(33-84)60(96)78-44(31-48(70)85)65(101)83-29-19-23-47(83)61(97)79-45(66(102)103)30-34(4)5/h34-47,51-53,84H,10-33,67-69,71H2,1-9H3,(H2,70,85)(H,72,95)(H,73,91)(H,74,98)(H,75,99)(H,76,100)(H,77,92)(H,78,96)(H,79,97)(H,80,90)(H,81,93)(H,82,94)(H,86,87)(H,88,89)(H,102,103)/t35-,36-,37-,38-,39-,40-,41-,42-,43-,44-,45-,46-,47-,51-,52-,53-/m0/s1. The Morgan fingerprint density at radius 2 is 0.835 bits per heavy atom. The number of hydrogen-bond donors (Lipinski definition) is 20. The molecule has 0 saturated carbocycles. The first kappa shape index (κ1) is 92.3. The smallest absolute Gasteiger partial charge is 0.326 e. The van der Waals surface area contributed by atoms with Crippen LogP contribution in [0.2, 0.25) is 0 Å². The first-order valence-corrected chi connectivity index (χ1v) is 35.5. The minimum atomic E-state index is -2.07. The number of amides is 13. The van der Waals surface area contributed by atoms with Crippen molar-refractivity contribution in [3.63, 3.8) is 0 Å². The number of unbranched alkanes of at least 4 members (excludes halogenated alkanes) is 3. The first-order valence-electron chi connectivity index (χ1n) is 35.5. The third-order valence-corrected chi connectivity index (χ3v) is 17.9. The number of aliphatic carboxylic acids is 3. The van der Waals surface area contributed by atoms with Gasteiger partial charge in [-0.25, -0.2) is 4.79 Å². The van der Waals surface area contributed by atoms with Gasteiger partial charge >= 0.3 is 17.9 Å². The first-order chi connectivity index (χ1) is 48.5. The number of hydrogen-bond acceptors (Lipinski definition) is 21. The quantitative estimate of drug-likeness (QED) is 0.0255. The van der Waals surface area contributed by atoms with Crippen LogP contribution in [0.5, 0.6) is 0 Å². The zero-order valence-corrected chi connectivity index (χ0v) is 60.9. The van der Waals surface area contributed by atoms with Gasteiger partial charge in [0.15, 0.2) is 0 Å². The van der Waals surface area contributed by atoms with Crippen molar-refractivity contribution in [1.29, 1.82) is 0 Å². The van der Waals surface area contributed by atoms with Crippen LogP contribution in [0.25, 0.3) is 0 Å². The molecule has 0 aliphatic carbocycles. The van der Waals surface area contributed by atoms with Crippen molar-refractivity contribution >= 4 is 94.7 Å². The number of likely N-dealkylation sites (tertiary alicyclic amines) is 1. The minimum Gasteiger partial charge on any atom is -0.481 e. The van der Waals surface area contributed by atoms with Crippen LogP contribution in [0.3, 0.4) is 0 Å².